The summed E-state index contributed by atoms with van der Waals surface area (Å²) in [5, 5.41) is 0. The van der Waals surface area contributed by atoms with Crippen LogP contribution in [0.5, 0.6) is 0 Å². The van der Waals surface area contributed by atoms with Gasteiger partial charge in [0.15, 0.2) is 0 Å². The standard InChI is InChI=1S/C15H14O4/c1-6-5-10-12-9(15(17)18-10)4-3-8-7(2)14(16)19-13(8)11(6)12/h4-5,8,10-13H,2-3H2,1H3/t8-,10+,11-,12+,13-/m0/s1. The van der Waals surface area contributed by atoms with Crippen molar-refractivity contribution < 1.29 is 19.1 Å². The van der Waals surface area contributed by atoms with Crippen LogP contribution in [0.15, 0.2) is 35.5 Å². The molecule has 98 valence electrons. The summed E-state index contributed by atoms with van der Waals surface area (Å²) in [6, 6.07) is 0. The summed E-state index contributed by atoms with van der Waals surface area (Å²) in [6.07, 6.45) is 4.16. The molecule has 2 fully saturated rings. The number of esters is 2. The normalized spacial score (nSPS) is 43.0. The maximum atomic E-state index is 11.9. The Kier molecular flexibility index (Phi) is 1.96. The average Bonchev–Trinajstić information content (AvgIpc) is 2.86. The Balaban J connectivity index is 1.84. The molecule has 0 amide bonds. The molecule has 4 rings (SSSR count). The molecule has 0 N–H and O–H groups in total. The van der Waals surface area contributed by atoms with Crippen molar-refractivity contribution in [2.24, 2.45) is 17.8 Å². The van der Waals surface area contributed by atoms with Gasteiger partial charge in [-0.25, -0.2) is 9.59 Å². The minimum absolute atomic E-state index is 0.00880. The molecule has 2 aliphatic heterocycles. The molecule has 2 heterocycles. The van der Waals surface area contributed by atoms with Crippen molar-refractivity contribution in [3.05, 3.63) is 35.5 Å². The van der Waals surface area contributed by atoms with Crippen molar-refractivity contribution >= 4 is 11.9 Å². The minimum atomic E-state index is -0.298. The van der Waals surface area contributed by atoms with Crippen LogP contribution in [-0.2, 0) is 19.1 Å². The van der Waals surface area contributed by atoms with Gasteiger partial charge in [-0.15, -0.1) is 0 Å². The molecule has 19 heavy (non-hydrogen) atoms. The number of carbonyl (C=O) groups excluding carboxylic acids is 2. The zero-order valence-electron chi connectivity index (χ0n) is 10.6. The van der Waals surface area contributed by atoms with Crippen molar-refractivity contribution in [3.8, 4) is 0 Å². The van der Waals surface area contributed by atoms with E-state index in [1.165, 1.54) is 0 Å². The van der Waals surface area contributed by atoms with Crippen LogP contribution in [0.2, 0.25) is 0 Å². The maximum Gasteiger partial charge on any atom is 0.334 e. The Morgan fingerprint density at radius 1 is 1.21 bits per heavy atom. The lowest BCUT2D eigenvalue weighted by Crippen LogP contribution is -2.31. The summed E-state index contributed by atoms with van der Waals surface area (Å²) in [6.45, 7) is 5.86. The molecule has 0 aromatic rings. The molecule has 0 aromatic heterocycles. The van der Waals surface area contributed by atoms with E-state index < -0.39 is 0 Å². The SMILES string of the molecule is C=C1C(=O)O[C@@H]2[C@H]3C(C)=C[C@H]4OC(=O)C(=CC[C@@H]12)[C@@H]34. The van der Waals surface area contributed by atoms with Gasteiger partial charge in [0.2, 0.25) is 0 Å². The van der Waals surface area contributed by atoms with Crippen LogP contribution < -0.4 is 0 Å². The van der Waals surface area contributed by atoms with E-state index in [2.05, 4.69) is 6.58 Å². The summed E-state index contributed by atoms with van der Waals surface area (Å²) in [5.41, 5.74) is 2.43. The molecule has 4 nitrogen and oxygen atoms in total. The van der Waals surface area contributed by atoms with Gasteiger partial charge >= 0.3 is 11.9 Å². The Bertz CT molecular complexity index is 583. The fraction of sp³-hybridized carbons (Fsp3) is 0.467. The fourth-order valence-electron chi connectivity index (χ4n) is 3.93. The second kappa shape index (κ2) is 3.38. The predicted octanol–water partition coefficient (Wildman–Crippen LogP) is 1.53. The maximum absolute atomic E-state index is 11.9. The van der Waals surface area contributed by atoms with Gasteiger partial charge in [0.25, 0.3) is 0 Å². The molecule has 0 saturated carbocycles. The van der Waals surface area contributed by atoms with Crippen LogP contribution in [0.1, 0.15) is 13.3 Å². The monoisotopic (exact) mass is 258 g/mol. The average molecular weight is 258 g/mol. The van der Waals surface area contributed by atoms with Crippen LogP contribution in [0.25, 0.3) is 0 Å². The Hall–Kier alpha value is -1.84. The largest absolute Gasteiger partial charge is 0.458 e. The lowest BCUT2D eigenvalue weighted by atomic mass is 9.79. The lowest BCUT2D eigenvalue weighted by Gasteiger charge is -2.26. The van der Waals surface area contributed by atoms with E-state index in [4.69, 9.17) is 9.47 Å². The van der Waals surface area contributed by atoms with E-state index >= 15 is 0 Å². The summed E-state index contributed by atoms with van der Waals surface area (Å²) in [5.74, 6) is -0.459. The summed E-state index contributed by atoms with van der Waals surface area (Å²) < 4.78 is 10.9. The third-order valence-electron chi connectivity index (χ3n) is 4.83. The van der Waals surface area contributed by atoms with Crippen LogP contribution in [0, 0.1) is 17.8 Å². The Morgan fingerprint density at radius 3 is 2.79 bits per heavy atom. The number of allylic oxidation sites excluding steroid dienone is 1. The third-order valence-corrected chi connectivity index (χ3v) is 4.83. The van der Waals surface area contributed by atoms with Crippen molar-refractivity contribution in [1.82, 2.24) is 0 Å². The number of hydrogen-bond donors (Lipinski definition) is 0. The number of carbonyl (C=O) groups is 2. The van der Waals surface area contributed by atoms with Crippen LogP contribution >= 0.6 is 0 Å². The van der Waals surface area contributed by atoms with E-state index in [0.717, 1.165) is 11.1 Å². The van der Waals surface area contributed by atoms with E-state index in [9.17, 15) is 9.59 Å². The number of rotatable bonds is 0. The van der Waals surface area contributed by atoms with Gasteiger partial charge in [-0.05, 0) is 19.4 Å². The van der Waals surface area contributed by atoms with Crippen LogP contribution in [-0.4, -0.2) is 24.1 Å². The molecule has 4 aliphatic rings. The molecule has 0 unspecified atom stereocenters. The summed E-state index contributed by atoms with van der Waals surface area (Å²) in [7, 11) is 0. The van der Waals surface area contributed by atoms with Gasteiger partial charge in [0.1, 0.15) is 12.2 Å². The summed E-state index contributed by atoms with van der Waals surface area (Å²) >= 11 is 0. The van der Waals surface area contributed by atoms with Gasteiger partial charge < -0.3 is 9.47 Å². The van der Waals surface area contributed by atoms with Gasteiger partial charge in [-0.3, -0.25) is 0 Å². The highest BCUT2D eigenvalue weighted by Crippen LogP contribution is 2.52. The zero-order chi connectivity index (χ0) is 13.3. The molecule has 0 bridgehead atoms. The van der Waals surface area contributed by atoms with Crippen molar-refractivity contribution in [2.75, 3.05) is 0 Å². The highest BCUT2D eigenvalue weighted by molar-refractivity contribution is 5.94. The molecule has 2 saturated heterocycles. The quantitative estimate of drug-likeness (QED) is 0.375. The molecule has 0 spiro atoms. The second-order valence-corrected chi connectivity index (χ2v) is 5.73. The van der Waals surface area contributed by atoms with Crippen molar-refractivity contribution in [2.45, 2.75) is 25.6 Å². The summed E-state index contributed by atoms with van der Waals surface area (Å²) in [4.78, 5) is 23.6. The highest BCUT2D eigenvalue weighted by Gasteiger charge is 2.56. The lowest BCUT2D eigenvalue weighted by molar-refractivity contribution is -0.142. The molecular formula is C15H14O4. The first-order chi connectivity index (χ1) is 9.08. The van der Waals surface area contributed by atoms with E-state index in [0.29, 0.717) is 12.0 Å². The van der Waals surface area contributed by atoms with E-state index in [1.807, 2.05) is 19.1 Å². The molecular weight excluding hydrogens is 244 g/mol. The third kappa shape index (κ3) is 1.24. The van der Waals surface area contributed by atoms with Gasteiger partial charge in [-0.1, -0.05) is 18.2 Å². The predicted molar refractivity (Wildman–Crippen MR) is 65.8 cm³/mol. The second-order valence-electron chi connectivity index (χ2n) is 5.73. The number of ether oxygens (including phenoxy) is 2. The zero-order valence-corrected chi connectivity index (χ0v) is 10.6. The van der Waals surface area contributed by atoms with E-state index in [1.54, 1.807) is 0 Å². The van der Waals surface area contributed by atoms with Crippen LogP contribution in [0.4, 0.5) is 0 Å². The fourth-order valence-corrected chi connectivity index (χ4v) is 3.93. The van der Waals surface area contributed by atoms with Gasteiger partial charge in [0, 0.05) is 28.9 Å². The highest BCUT2D eigenvalue weighted by atomic mass is 16.6. The van der Waals surface area contributed by atoms with Crippen LogP contribution in [0.3, 0.4) is 0 Å². The smallest absolute Gasteiger partial charge is 0.334 e. The number of fused-ring (bicyclic) bond motifs is 2. The Morgan fingerprint density at radius 2 is 2.00 bits per heavy atom. The van der Waals surface area contributed by atoms with Gasteiger partial charge in [0.05, 0.1) is 0 Å². The Labute approximate surface area is 110 Å². The molecule has 5 atom stereocenters. The first-order valence-corrected chi connectivity index (χ1v) is 6.57. The molecule has 2 aliphatic carbocycles. The van der Waals surface area contributed by atoms with Crippen molar-refractivity contribution in [3.63, 3.8) is 0 Å². The first-order valence-electron chi connectivity index (χ1n) is 6.57. The van der Waals surface area contributed by atoms with Gasteiger partial charge in [-0.2, -0.15) is 0 Å². The topological polar surface area (TPSA) is 52.6 Å². The number of hydrogen-bond acceptors (Lipinski definition) is 4. The molecule has 4 heteroatoms. The van der Waals surface area contributed by atoms with E-state index in [-0.39, 0.29) is 41.9 Å². The minimum Gasteiger partial charge on any atom is -0.458 e. The first kappa shape index (κ1) is 11.0. The van der Waals surface area contributed by atoms with Crippen molar-refractivity contribution in [1.29, 1.82) is 0 Å². The molecule has 0 aromatic carbocycles. The molecule has 0 radical (unpaired) electrons.